The van der Waals surface area contributed by atoms with Crippen molar-refractivity contribution < 1.29 is 2.74 Å². The van der Waals surface area contributed by atoms with E-state index in [0.717, 1.165) is 44.1 Å². The Balaban J connectivity index is 1.96. The van der Waals surface area contributed by atoms with Crippen LogP contribution in [0.15, 0.2) is 35.4 Å². The van der Waals surface area contributed by atoms with Crippen LogP contribution in [0.5, 0.6) is 0 Å². The Hall–Kier alpha value is -1.56. The summed E-state index contributed by atoms with van der Waals surface area (Å²) in [6.45, 7) is 0. The third-order valence-electron chi connectivity index (χ3n) is 5.92. The molecule has 0 amide bonds. The zero-order valence-electron chi connectivity index (χ0n) is 13.6. The minimum Gasteiger partial charge on any atom is -0.0618 e. The summed E-state index contributed by atoms with van der Waals surface area (Å²) in [6.07, 6.45) is 10.4. The summed E-state index contributed by atoms with van der Waals surface area (Å²) >= 11 is 0. The molecule has 0 nitrogen and oxygen atoms in total. The number of aryl methyl sites for hydroxylation is 2. The van der Waals surface area contributed by atoms with E-state index in [4.69, 9.17) is 1.37 Å². The molecule has 0 saturated heterocycles. The van der Waals surface area contributed by atoms with Crippen molar-refractivity contribution in [1.29, 1.82) is 0 Å². The molecule has 6 rings (SSSR count). The van der Waals surface area contributed by atoms with Gasteiger partial charge in [0.15, 0.2) is 0 Å². The Morgan fingerprint density at radius 2 is 1.75 bits per heavy atom. The summed E-state index contributed by atoms with van der Waals surface area (Å²) in [4.78, 5) is 0. The highest BCUT2D eigenvalue weighted by Crippen LogP contribution is 2.51. The second-order valence-electron chi connectivity index (χ2n) is 6.75. The van der Waals surface area contributed by atoms with Crippen molar-refractivity contribution in [3.05, 3.63) is 57.0 Å². The van der Waals surface area contributed by atoms with Crippen LogP contribution in [0.2, 0.25) is 0 Å². The third kappa shape index (κ3) is 0.974. The highest BCUT2D eigenvalue weighted by Gasteiger charge is 2.42. The minimum absolute atomic E-state index is 0.506. The molecule has 2 atom stereocenters. The van der Waals surface area contributed by atoms with Gasteiger partial charge in [-0.05, 0) is 82.7 Å². The van der Waals surface area contributed by atoms with E-state index in [1.807, 2.05) is 0 Å². The van der Waals surface area contributed by atoms with Gasteiger partial charge in [-0.25, -0.2) is 0 Å². The zero-order chi connectivity index (χ0) is 14.7. The second-order valence-corrected chi connectivity index (χ2v) is 6.75. The molecule has 5 aliphatic carbocycles. The Morgan fingerprint density at radius 3 is 2.70 bits per heavy atom. The normalized spacial score (nSPS) is 40.0. The maximum atomic E-state index is 9.48. The lowest BCUT2D eigenvalue weighted by atomic mass is 9.66. The minimum atomic E-state index is -0.710. The van der Waals surface area contributed by atoms with Crippen LogP contribution in [0.4, 0.5) is 0 Å². The topological polar surface area (TPSA) is 0 Å². The number of allylic oxidation sites excluding steroid dienone is 4. The molecule has 1 fully saturated rings. The molecule has 0 aromatic heterocycles. The first-order valence-corrected chi connectivity index (χ1v) is 7.94. The average molecular weight is 260 g/mol. The molecule has 20 heavy (non-hydrogen) atoms. The smallest absolute Gasteiger partial charge is 0.0446 e. The average Bonchev–Trinajstić information content (AvgIpc) is 2.82. The number of rotatable bonds is 0. The summed E-state index contributed by atoms with van der Waals surface area (Å²) in [5.74, 6) is -1.22. The van der Waals surface area contributed by atoms with E-state index >= 15 is 0 Å². The fraction of sp³-hybridized carbons (Fsp3) is 0.400. The van der Waals surface area contributed by atoms with Gasteiger partial charge in [0.2, 0.25) is 0 Å². The van der Waals surface area contributed by atoms with Crippen LogP contribution < -0.4 is 10.4 Å². The molecule has 0 N–H and O–H groups in total. The van der Waals surface area contributed by atoms with E-state index in [1.54, 1.807) is 0 Å². The summed E-state index contributed by atoms with van der Waals surface area (Å²) in [7, 11) is 0. The Kier molecular flexibility index (Phi) is 1.38. The Morgan fingerprint density at radius 1 is 0.900 bits per heavy atom. The van der Waals surface area contributed by atoms with Crippen molar-refractivity contribution in [2.24, 2.45) is 11.8 Å². The maximum absolute atomic E-state index is 9.48. The molecule has 0 aliphatic heterocycles. The predicted molar refractivity (Wildman–Crippen MR) is 81.5 cm³/mol. The van der Waals surface area contributed by atoms with Gasteiger partial charge < -0.3 is 0 Å². The molecular formula is C20H18. The van der Waals surface area contributed by atoms with E-state index in [9.17, 15) is 1.37 Å². The molecule has 1 aromatic carbocycles. The fourth-order valence-corrected chi connectivity index (χ4v) is 5.05. The largest absolute Gasteiger partial charge is 0.0618 e. The summed E-state index contributed by atoms with van der Waals surface area (Å²) < 4.78 is 18.6. The van der Waals surface area contributed by atoms with Gasteiger partial charge in [0.1, 0.15) is 0 Å². The van der Waals surface area contributed by atoms with Gasteiger partial charge in [0, 0.05) is 8.64 Å². The predicted octanol–water partition coefficient (Wildman–Crippen LogP) is 2.79. The molecule has 1 aromatic rings. The van der Waals surface area contributed by atoms with Crippen LogP contribution in [0.25, 0.3) is 11.1 Å². The van der Waals surface area contributed by atoms with Gasteiger partial charge in [-0.15, -0.1) is 0 Å². The Labute approximate surface area is 122 Å². The van der Waals surface area contributed by atoms with Crippen molar-refractivity contribution in [3.8, 4) is 0 Å². The SMILES string of the molecule is [2H]C12CCC3=CC=C4CCc5ccc(c6c5=C4C3([2H])C=61)CC2. The lowest BCUT2D eigenvalue weighted by Gasteiger charge is -2.38. The lowest BCUT2D eigenvalue weighted by molar-refractivity contribution is 0.490. The zero-order valence-corrected chi connectivity index (χ0v) is 11.6. The Bertz CT molecular complexity index is 962. The van der Waals surface area contributed by atoms with Crippen molar-refractivity contribution in [2.45, 2.75) is 38.5 Å². The summed E-state index contributed by atoms with van der Waals surface area (Å²) in [5, 5.41) is 2.69. The van der Waals surface area contributed by atoms with Crippen LogP contribution >= 0.6 is 0 Å². The van der Waals surface area contributed by atoms with Gasteiger partial charge in [-0.2, -0.15) is 0 Å². The van der Waals surface area contributed by atoms with Crippen LogP contribution in [0, 0.1) is 11.8 Å². The lowest BCUT2D eigenvalue weighted by Crippen LogP contribution is -2.37. The van der Waals surface area contributed by atoms with Crippen molar-refractivity contribution in [1.82, 2.24) is 0 Å². The number of hydrogen-bond acceptors (Lipinski definition) is 0. The standard InChI is InChI=1S/C20H18/c1-2-12-5-6-14-9-10-15-8-7-13-4-3-11(1)16-17(12)19(14)20(15)18(13)16/h1-2,7-8,14,17H,3-6,9-10H2/i14D,17D. The van der Waals surface area contributed by atoms with E-state index in [1.165, 1.54) is 38.3 Å². The molecular weight excluding hydrogens is 240 g/mol. The van der Waals surface area contributed by atoms with Crippen LogP contribution in [0.1, 0.15) is 39.6 Å². The van der Waals surface area contributed by atoms with Crippen molar-refractivity contribution in [2.75, 3.05) is 0 Å². The van der Waals surface area contributed by atoms with Crippen LogP contribution in [0.3, 0.4) is 0 Å². The maximum Gasteiger partial charge on any atom is 0.0446 e. The highest BCUT2D eigenvalue weighted by atomic mass is 14.5. The highest BCUT2D eigenvalue weighted by molar-refractivity contribution is 5.88. The molecule has 2 unspecified atom stereocenters. The number of benzene rings is 1. The van der Waals surface area contributed by atoms with E-state index in [0.29, 0.717) is 0 Å². The van der Waals surface area contributed by atoms with Gasteiger partial charge in [0.05, 0.1) is 0 Å². The van der Waals surface area contributed by atoms with Crippen LogP contribution in [-0.2, 0) is 12.8 Å². The van der Waals surface area contributed by atoms with Gasteiger partial charge >= 0.3 is 0 Å². The summed E-state index contributed by atoms with van der Waals surface area (Å²) in [6, 6.07) is 4.59. The number of hydrogen-bond donors (Lipinski definition) is 0. The van der Waals surface area contributed by atoms with Gasteiger partial charge in [-0.1, -0.05) is 29.9 Å². The van der Waals surface area contributed by atoms with Crippen molar-refractivity contribution in [3.63, 3.8) is 0 Å². The molecule has 0 bridgehead atoms. The first-order chi connectivity index (χ1) is 10.6. The fourth-order valence-electron chi connectivity index (χ4n) is 5.05. The first-order valence-electron chi connectivity index (χ1n) is 8.94. The summed E-state index contributed by atoms with van der Waals surface area (Å²) in [5.41, 5.74) is 7.82. The molecule has 5 aliphatic rings. The monoisotopic (exact) mass is 260 g/mol. The molecule has 98 valence electrons. The molecule has 0 heterocycles. The van der Waals surface area contributed by atoms with Crippen LogP contribution in [-0.4, -0.2) is 0 Å². The van der Waals surface area contributed by atoms with E-state index in [2.05, 4.69) is 24.3 Å². The molecule has 0 radical (unpaired) electrons. The van der Waals surface area contributed by atoms with Gasteiger partial charge in [-0.3, -0.25) is 0 Å². The third-order valence-corrected chi connectivity index (χ3v) is 5.92. The molecule has 0 spiro atoms. The second kappa shape index (κ2) is 3.19. The molecule has 1 saturated carbocycles. The first kappa shape index (κ1) is 8.67. The van der Waals surface area contributed by atoms with Gasteiger partial charge in [0.25, 0.3) is 0 Å². The molecule has 0 heteroatoms. The van der Waals surface area contributed by atoms with E-state index in [-0.39, 0.29) is 0 Å². The van der Waals surface area contributed by atoms with E-state index < -0.39 is 11.8 Å². The van der Waals surface area contributed by atoms with Crippen molar-refractivity contribution >= 4 is 11.1 Å². The quantitative estimate of drug-likeness (QED) is 0.673.